The van der Waals surface area contributed by atoms with E-state index in [2.05, 4.69) is 5.32 Å². The highest BCUT2D eigenvalue weighted by atomic mass is 19.3. The van der Waals surface area contributed by atoms with E-state index in [4.69, 9.17) is 0 Å². The molecule has 0 radical (unpaired) electrons. The summed E-state index contributed by atoms with van der Waals surface area (Å²) < 4.78 is 26.0. The van der Waals surface area contributed by atoms with Gasteiger partial charge in [0, 0.05) is 23.4 Å². The predicted molar refractivity (Wildman–Crippen MR) is 69.9 cm³/mol. The topological polar surface area (TPSA) is 75.4 Å². The van der Waals surface area contributed by atoms with Crippen LogP contribution in [0.25, 0.3) is 0 Å². The zero-order valence-corrected chi connectivity index (χ0v) is 10.8. The van der Waals surface area contributed by atoms with Crippen molar-refractivity contribution >= 4 is 11.4 Å². The molecule has 2 rings (SSSR count). The van der Waals surface area contributed by atoms with Crippen molar-refractivity contribution in [2.75, 3.05) is 5.32 Å². The lowest BCUT2D eigenvalue weighted by Crippen LogP contribution is -2.36. The SMILES string of the molecule is O=[N+]([O-])c1ccc(NC2CCCCC2O)c(C(F)F)c1. The van der Waals surface area contributed by atoms with E-state index in [0.717, 1.165) is 18.9 Å². The van der Waals surface area contributed by atoms with Crippen LogP contribution >= 0.6 is 0 Å². The molecule has 5 nitrogen and oxygen atoms in total. The third kappa shape index (κ3) is 3.22. The molecule has 1 aromatic rings. The van der Waals surface area contributed by atoms with Crippen LogP contribution in [0.5, 0.6) is 0 Å². The summed E-state index contributed by atoms with van der Waals surface area (Å²) >= 11 is 0. The molecule has 1 saturated carbocycles. The summed E-state index contributed by atoms with van der Waals surface area (Å²) in [6.45, 7) is 0. The highest BCUT2D eigenvalue weighted by Crippen LogP contribution is 2.32. The van der Waals surface area contributed by atoms with Crippen molar-refractivity contribution in [3.05, 3.63) is 33.9 Å². The Morgan fingerprint density at radius 2 is 2.05 bits per heavy atom. The summed E-state index contributed by atoms with van der Waals surface area (Å²) in [5.74, 6) is 0. The van der Waals surface area contributed by atoms with E-state index in [-0.39, 0.29) is 17.4 Å². The number of aliphatic hydroxyl groups excluding tert-OH is 1. The van der Waals surface area contributed by atoms with Crippen molar-refractivity contribution in [2.45, 2.75) is 44.3 Å². The molecule has 2 unspecified atom stereocenters. The molecule has 0 spiro atoms. The maximum atomic E-state index is 13.0. The number of nitrogens with zero attached hydrogens (tertiary/aromatic N) is 1. The van der Waals surface area contributed by atoms with Crippen molar-refractivity contribution in [3.63, 3.8) is 0 Å². The third-order valence-electron chi connectivity index (χ3n) is 3.55. The third-order valence-corrected chi connectivity index (χ3v) is 3.55. The van der Waals surface area contributed by atoms with E-state index in [1.165, 1.54) is 12.1 Å². The zero-order valence-electron chi connectivity index (χ0n) is 10.8. The van der Waals surface area contributed by atoms with Crippen LogP contribution < -0.4 is 5.32 Å². The molecule has 1 aromatic carbocycles. The molecule has 2 N–H and O–H groups in total. The van der Waals surface area contributed by atoms with E-state index in [1.54, 1.807) is 0 Å². The molecule has 20 heavy (non-hydrogen) atoms. The van der Waals surface area contributed by atoms with Gasteiger partial charge in [0.1, 0.15) is 0 Å². The fourth-order valence-corrected chi connectivity index (χ4v) is 2.46. The minimum atomic E-state index is -2.81. The van der Waals surface area contributed by atoms with E-state index in [1.807, 2.05) is 0 Å². The first-order valence-electron chi connectivity index (χ1n) is 6.50. The number of nitro benzene ring substituents is 1. The molecule has 1 fully saturated rings. The average Bonchev–Trinajstić information content (AvgIpc) is 2.41. The van der Waals surface area contributed by atoms with Crippen molar-refractivity contribution in [1.29, 1.82) is 0 Å². The molecule has 0 amide bonds. The van der Waals surface area contributed by atoms with Gasteiger partial charge in [0.2, 0.25) is 0 Å². The Labute approximate surface area is 114 Å². The fourth-order valence-electron chi connectivity index (χ4n) is 2.46. The van der Waals surface area contributed by atoms with Gasteiger partial charge < -0.3 is 10.4 Å². The van der Waals surface area contributed by atoms with Gasteiger partial charge >= 0.3 is 0 Å². The number of halogens is 2. The number of benzene rings is 1. The minimum absolute atomic E-state index is 0.150. The Balaban J connectivity index is 2.24. The fraction of sp³-hybridized carbons (Fsp3) is 0.538. The molecule has 0 saturated heterocycles. The van der Waals surface area contributed by atoms with Crippen LogP contribution in [0.3, 0.4) is 0 Å². The van der Waals surface area contributed by atoms with Crippen LogP contribution in [-0.4, -0.2) is 22.2 Å². The molecule has 2 atom stereocenters. The summed E-state index contributed by atoms with van der Waals surface area (Å²) in [6, 6.07) is 3.05. The van der Waals surface area contributed by atoms with Crippen molar-refractivity contribution in [2.24, 2.45) is 0 Å². The number of aliphatic hydroxyl groups is 1. The van der Waals surface area contributed by atoms with Crippen LogP contribution in [0, 0.1) is 10.1 Å². The molecule has 1 aliphatic rings. The maximum Gasteiger partial charge on any atom is 0.270 e. The number of nitrogens with one attached hydrogen (secondary N) is 1. The van der Waals surface area contributed by atoms with E-state index in [0.29, 0.717) is 12.8 Å². The lowest BCUT2D eigenvalue weighted by Gasteiger charge is -2.29. The molecule has 110 valence electrons. The molecule has 0 bridgehead atoms. The van der Waals surface area contributed by atoms with Gasteiger partial charge in [-0.3, -0.25) is 10.1 Å². The summed E-state index contributed by atoms with van der Waals surface area (Å²) in [5, 5.41) is 23.4. The Morgan fingerprint density at radius 3 is 2.65 bits per heavy atom. The minimum Gasteiger partial charge on any atom is -0.391 e. The average molecular weight is 286 g/mol. The highest BCUT2D eigenvalue weighted by Gasteiger charge is 2.25. The number of alkyl halides is 2. The monoisotopic (exact) mass is 286 g/mol. The van der Waals surface area contributed by atoms with Crippen LogP contribution in [0.4, 0.5) is 20.2 Å². The van der Waals surface area contributed by atoms with Crippen LogP contribution in [0.2, 0.25) is 0 Å². The second-order valence-electron chi connectivity index (χ2n) is 4.93. The molecular weight excluding hydrogens is 270 g/mol. The second-order valence-corrected chi connectivity index (χ2v) is 4.93. The van der Waals surface area contributed by atoms with Crippen molar-refractivity contribution < 1.29 is 18.8 Å². The van der Waals surface area contributed by atoms with Crippen LogP contribution in [0.15, 0.2) is 18.2 Å². The molecule has 1 aliphatic carbocycles. The number of hydrogen-bond donors (Lipinski definition) is 2. The first-order chi connectivity index (χ1) is 9.49. The number of rotatable bonds is 4. The van der Waals surface area contributed by atoms with Gasteiger partial charge in [-0.25, -0.2) is 8.78 Å². The number of nitro groups is 1. The summed E-state index contributed by atoms with van der Waals surface area (Å²) in [4.78, 5) is 9.93. The normalized spacial score (nSPS) is 22.8. The van der Waals surface area contributed by atoms with E-state index in [9.17, 15) is 24.0 Å². The summed E-state index contributed by atoms with van der Waals surface area (Å²) in [7, 11) is 0. The van der Waals surface area contributed by atoms with Gasteiger partial charge in [0.25, 0.3) is 12.1 Å². The van der Waals surface area contributed by atoms with Gasteiger partial charge in [-0.2, -0.15) is 0 Å². The summed E-state index contributed by atoms with van der Waals surface area (Å²) in [6.07, 6.45) is -0.217. The molecule has 7 heteroatoms. The van der Waals surface area contributed by atoms with Crippen LogP contribution in [0.1, 0.15) is 37.7 Å². The molecule has 0 heterocycles. The highest BCUT2D eigenvalue weighted by molar-refractivity contribution is 5.57. The smallest absolute Gasteiger partial charge is 0.270 e. The Hall–Kier alpha value is -1.76. The molecular formula is C13H16F2N2O3. The lowest BCUT2D eigenvalue weighted by molar-refractivity contribution is -0.385. The standard InChI is InChI=1S/C13H16F2N2O3/c14-13(15)9-7-8(17(19)20)5-6-10(9)16-11-3-1-2-4-12(11)18/h5-7,11-13,16,18H,1-4H2. The predicted octanol–water partition coefficient (Wildman–Crippen LogP) is 3.25. The van der Waals surface area contributed by atoms with Crippen LogP contribution in [-0.2, 0) is 0 Å². The summed E-state index contributed by atoms with van der Waals surface area (Å²) in [5.41, 5.74) is -0.622. The number of anilines is 1. The Kier molecular flexibility index (Phi) is 4.49. The number of hydrogen-bond acceptors (Lipinski definition) is 4. The van der Waals surface area contributed by atoms with Gasteiger partial charge in [0.05, 0.1) is 17.1 Å². The quantitative estimate of drug-likeness (QED) is 0.658. The lowest BCUT2D eigenvalue weighted by atomic mass is 9.92. The second kappa shape index (κ2) is 6.13. The van der Waals surface area contributed by atoms with Crippen molar-refractivity contribution in [1.82, 2.24) is 0 Å². The Bertz CT molecular complexity index is 497. The van der Waals surface area contributed by atoms with Gasteiger partial charge in [-0.05, 0) is 18.9 Å². The molecule has 0 aromatic heterocycles. The van der Waals surface area contributed by atoms with Crippen molar-refractivity contribution in [3.8, 4) is 0 Å². The number of non-ortho nitro benzene ring substituents is 1. The van der Waals surface area contributed by atoms with Gasteiger partial charge in [0.15, 0.2) is 0 Å². The van der Waals surface area contributed by atoms with Gasteiger partial charge in [-0.1, -0.05) is 12.8 Å². The Morgan fingerprint density at radius 1 is 1.35 bits per heavy atom. The largest absolute Gasteiger partial charge is 0.391 e. The first-order valence-corrected chi connectivity index (χ1v) is 6.50. The zero-order chi connectivity index (χ0) is 14.7. The van der Waals surface area contributed by atoms with E-state index < -0.39 is 23.0 Å². The maximum absolute atomic E-state index is 13.0. The van der Waals surface area contributed by atoms with Gasteiger partial charge in [-0.15, -0.1) is 0 Å². The first kappa shape index (κ1) is 14.6. The molecule has 0 aliphatic heterocycles. The van der Waals surface area contributed by atoms with E-state index >= 15 is 0 Å².